The smallest absolute Gasteiger partial charge is 0.227 e. The third kappa shape index (κ3) is 3.17. The van der Waals surface area contributed by atoms with Gasteiger partial charge in [0.15, 0.2) is 5.58 Å². The van der Waals surface area contributed by atoms with Crippen molar-refractivity contribution in [1.29, 1.82) is 5.26 Å². The Labute approximate surface area is 164 Å². The van der Waals surface area contributed by atoms with Crippen molar-refractivity contribution in [2.45, 2.75) is 0 Å². The number of allylic oxidation sites excluding steroid dienone is 1. The maximum Gasteiger partial charge on any atom is 0.227 e. The van der Waals surface area contributed by atoms with Crippen molar-refractivity contribution in [3.8, 4) is 17.5 Å². The summed E-state index contributed by atoms with van der Waals surface area (Å²) in [4.78, 5) is 4.62. The second kappa shape index (κ2) is 6.90. The molecule has 0 spiro atoms. The number of H-pyrrole nitrogens is 1. The fourth-order valence-corrected chi connectivity index (χ4v) is 3.04. The summed E-state index contributed by atoms with van der Waals surface area (Å²) in [6, 6.07) is 21.8. The Kier molecular flexibility index (Phi) is 3.96. The van der Waals surface area contributed by atoms with Gasteiger partial charge in [-0.2, -0.15) is 10.5 Å². The lowest BCUT2D eigenvalue weighted by atomic mass is 10.1. The van der Waals surface area contributed by atoms with Crippen LogP contribution in [-0.4, -0.2) is 25.6 Å². The van der Waals surface area contributed by atoms with Gasteiger partial charge >= 0.3 is 0 Å². The number of aromatic amines is 1. The van der Waals surface area contributed by atoms with Crippen molar-refractivity contribution in [1.82, 2.24) is 25.6 Å². The van der Waals surface area contributed by atoms with Crippen LogP contribution in [0.4, 0.5) is 5.69 Å². The van der Waals surface area contributed by atoms with E-state index >= 15 is 0 Å². The van der Waals surface area contributed by atoms with Gasteiger partial charge in [-0.1, -0.05) is 30.3 Å². The van der Waals surface area contributed by atoms with Gasteiger partial charge in [-0.15, -0.1) is 10.2 Å². The SMILES string of the molecule is N#CC(=CNc1ccc2oc(-c3ccc4ccccc4c3)nc2c1)c1nn[nH]n1. The Bertz CT molecular complexity index is 1390. The number of hydrogen-bond acceptors (Lipinski definition) is 7. The van der Waals surface area contributed by atoms with E-state index in [0.29, 0.717) is 17.0 Å². The highest BCUT2D eigenvalue weighted by Gasteiger charge is 2.10. The van der Waals surface area contributed by atoms with Crippen molar-refractivity contribution >= 4 is 33.1 Å². The summed E-state index contributed by atoms with van der Waals surface area (Å²) in [6.07, 6.45) is 1.52. The minimum Gasteiger partial charge on any atom is -0.436 e. The molecule has 0 radical (unpaired) electrons. The molecule has 8 nitrogen and oxygen atoms in total. The third-order valence-electron chi connectivity index (χ3n) is 4.47. The first-order valence-corrected chi connectivity index (χ1v) is 8.80. The molecule has 0 bridgehead atoms. The van der Waals surface area contributed by atoms with E-state index in [9.17, 15) is 5.26 Å². The van der Waals surface area contributed by atoms with Gasteiger partial charge in [0.25, 0.3) is 0 Å². The van der Waals surface area contributed by atoms with E-state index in [2.05, 4.69) is 55.2 Å². The Hall–Kier alpha value is -4.51. The van der Waals surface area contributed by atoms with Crippen molar-refractivity contribution in [2.24, 2.45) is 0 Å². The van der Waals surface area contributed by atoms with Crippen molar-refractivity contribution < 1.29 is 4.42 Å². The van der Waals surface area contributed by atoms with E-state index in [1.807, 2.05) is 42.5 Å². The summed E-state index contributed by atoms with van der Waals surface area (Å²) >= 11 is 0. The number of fused-ring (bicyclic) bond motifs is 2. The van der Waals surface area contributed by atoms with E-state index in [1.54, 1.807) is 0 Å². The summed E-state index contributed by atoms with van der Waals surface area (Å²) in [5.41, 5.74) is 3.33. The average Bonchev–Trinajstić information content (AvgIpc) is 3.44. The molecule has 2 N–H and O–H groups in total. The molecule has 2 aromatic heterocycles. The standard InChI is InChI=1S/C21H13N7O/c22-11-16(20-25-27-28-26-20)12-23-17-7-8-19-18(10-17)24-21(29-19)15-6-5-13-3-1-2-4-14(13)9-15/h1-10,12,23H,(H,25,26,27,28). The summed E-state index contributed by atoms with van der Waals surface area (Å²) < 4.78 is 5.92. The number of nitrogens with one attached hydrogen (secondary N) is 2. The Balaban J connectivity index is 1.46. The molecule has 5 rings (SSSR count). The summed E-state index contributed by atoms with van der Waals surface area (Å²) in [7, 11) is 0. The van der Waals surface area contributed by atoms with Crippen molar-refractivity contribution in [3.63, 3.8) is 0 Å². The van der Waals surface area contributed by atoms with Crippen molar-refractivity contribution in [2.75, 3.05) is 5.32 Å². The third-order valence-corrected chi connectivity index (χ3v) is 4.47. The largest absolute Gasteiger partial charge is 0.436 e. The van der Waals surface area contributed by atoms with E-state index in [0.717, 1.165) is 16.6 Å². The molecule has 5 aromatic rings. The molecule has 0 unspecified atom stereocenters. The van der Waals surface area contributed by atoms with E-state index in [4.69, 9.17) is 4.42 Å². The van der Waals surface area contributed by atoms with Gasteiger partial charge in [-0.3, -0.25) is 0 Å². The molecule has 138 valence electrons. The van der Waals surface area contributed by atoms with E-state index < -0.39 is 0 Å². The fraction of sp³-hybridized carbons (Fsp3) is 0. The van der Waals surface area contributed by atoms with Crippen LogP contribution in [-0.2, 0) is 0 Å². The first kappa shape index (κ1) is 16.6. The molecule has 3 aromatic carbocycles. The van der Waals surface area contributed by atoms with E-state index in [1.165, 1.54) is 11.6 Å². The second-order valence-corrected chi connectivity index (χ2v) is 6.31. The number of nitrogens with zero attached hydrogens (tertiary/aromatic N) is 5. The quantitative estimate of drug-likeness (QED) is 0.451. The zero-order valence-corrected chi connectivity index (χ0v) is 15.0. The molecular weight excluding hydrogens is 366 g/mol. The number of nitriles is 1. The monoisotopic (exact) mass is 379 g/mol. The predicted octanol–water partition coefficient (Wildman–Crippen LogP) is 4.14. The molecular formula is C21H13N7O. The first-order valence-electron chi connectivity index (χ1n) is 8.80. The summed E-state index contributed by atoms with van der Waals surface area (Å²) in [6.45, 7) is 0. The van der Waals surface area contributed by atoms with Crippen LogP contribution in [0.2, 0.25) is 0 Å². The molecule has 8 heteroatoms. The number of aromatic nitrogens is 5. The molecule has 2 heterocycles. The van der Waals surface area contributed by atoms with Gasteiger partial charge in [0.05, 0.1) is 0 Å². The minimum absolute atomic E-state index is 0.223. The number of hydrogen-bond donors (Lipinski definition) is 2. The van der Waals surface area contributed by atoms with Crippen LogP contribution in [0.1, 0.15) is 5.82 Å². The molecule has 0 atom stereocenters. The zero-order valence-electron chi connectivity index (χ0n) is 15.0. The Morgan fingerprint density at radius 1 is 1.07 bits per heavy atom. The number of benzene rings is 3. The summed E-state index contributed by atoms with van der Waals surface area (Å²) in [5.74, 6) is 0.782. The van der Waals surface area contributed by atoms with E-state index in [-0.39, 0.29) is 11.4 Å². The molecule has 0 saturated heterocycles. The molecule has 0 fully saturated rings. The highest BCUT2D eigenvalue weighted by Crippen LogP contribution is 2.28. The maximum atomic E-state index is 9.24. The highest BCUT2D eigenvalue weighted by atomic mass is 16.3. The number of rotatable bonds is 4. The zero-order chi connectivity index (χ0) is 19.6. The molecule has 0 aliphatic rings. The topological polar surface area (TPSA) is 116 Å². The molecule has 0 aliphatic carbocycles. The minimum atomic E-state index is 0.223. The molecule has 0 amide bonds. The van der Waals surface area contributed by atoms with Gasteiger partial charge in [0.2, 0.25) is 11.7 Å². The molecule has 29 heavy (non-hydrogen) atoms. The van der Waals surface area contributed by atoms with Crippen LogP contribution in [0, 0.1) is 11.3 Å². The lowest BCUT2D eigenvalue weighted by molar-refractivity contribution is 0.620. The van der Waals surface area contributed by atoms with Gasteiger partial charge in [0.1, 0.15) is 17.2 Å². The predicted molar refractivity (Wildman–Crippen MR) is 108 cm³/mol. The first-order chi connectivity index (χ1) is 14.3. The number of oxazole rings is 1. The fourth-order valence-electron chi connectivity index (χ4n) is 3.04. The van der Waals surface area contributed by atoms with Gasteiger partial charge in [-0.25, -0.2) is 4.98 Å². The normalized spacial score (nSPS) is 11.6. The Morgan fingerprint density at radius 3 is 2.79 bits per heavy atom. The highest BCUT2D eigenvalue weighted by molar-refractivity contribution is 5.87. The van der Waals surface area contributed by atoms with Crippen LogP contribution >= 0.6 is 0 Å². The number of tetrazole rings is 1. The van der Waals surface area contributed by atoms with Crippen molar-refractivity contribution in [3.05, 3.63) is 72.7 Å². The molecule has 0 aliphatic heterocycles. The lowest BCUT2D eigenvalue weighted by Crippen LogP contribution is -1.92. The van der Waals surface area contributed by atoms with Crippen LogP contribution in [0.15, 0.2) is 71.3 Å². The maximum absolute atomic E-state index is 9.24. The Morgan fingerprint density at radius 2 is 1.97 bits per heavy atom. The average molecular weight is 379 g/mol. The van der Waals surface area contributed by atoms with Crippen LogP contribution in [0.3, 0.4) is 0 Å². The second-order valence-electron chi connectivity index (χ2n) is 6.31. The van der Waals surface area contributed by atoms with Crippen LogP contribution in [0.5, 0.6) is 0 Å². The molecule has 0 saturated carbocycles. The van der Waals surface area contributed by atoms with Crippen LogP contribution in [0.25, 0.3) is 38.9 Å². The van der Waals surface area contributed by atoms with Gasteiger partial charge in [-0.05, 0) is 46.3 Å². The number of anilines is 1. The van der Waals surface area contributed by atoms with Gasteiger partial charge < -0.3 is 9.73 Å². The van der Waals surface area contributed by atoms with Crippen LogP contribution < -0.4 is 5.32 Å². The lowest BCUT2D eigenvalue weighted by Gasteiger charge is -2.00. The van der Waals surface area contributed by atoms with Gasteiger partial charge in [0, 0.05) is 17.5 Å². The summed E-state index contributed by atoms with van der Waals surface area (Å²) in [5, 5.41) is 28.0.